The van der Waals surface area contributed by atoms with Crippen molar-refractivity contribution in [1.82, 2.24) is 4.98 Å². The lowest BCUT2D eigenvalue weighted by Crippen LogP contribution is -2.32. The highest BCUT2D eigenvalue weighted by molar-refractivity contribution is 9.10. The number of hydrogen-bond donors (Lipinski definition) is 0. The number of ketones is 1. The van der Waals surface area contributed by atoms with Gasteiger partial charge in [0.1, 0.15) is 0 Å². The van der Waals surface area contributed by atoms with Crippen molar-refractivity contribution in [3.63, 3.8) is 0 Å². The van der Waals surface area contributed by atoms with Gasteiger partial charge >= 0.3 is 5.97 Å². The fourth-order valence-electron chi connectivity index (χ4n) is 6.94. The fourth-order valence-corrected chi connectivity index (χ4v) is 8.26. The van der Waals surface area contributed by atoms with Gasteiger partial charge in [-0.05, 0) is 95.2 Å². The Bertz CT molecular complexity index is 1780. The van der Waals surface area contributed by atoms with Crippen molar-refractivity contribution in [3.05, 3.63) is 79.4 Å². The molecule has 7 rings (SSSR count). The van der Waals surface area contributed by atoms with Crippen molar-refractivity contribution in [2.24, 2.45) is 23.7 Å². The van der Waals surface area contributed by atoms with E-state index >= 15 is 0 Å². The lowest BCUT2D eigenvalue weighted by atomic mass is 9.81. The van der Waals surface area contributed by atoms with E-state index in [-0.39, 0.29) is 41.6 Å². The van der Waals surface area contributed by atoms with Crippen LogP contribution in [-0.2, 0) is 14.3 Å². The van der Waals surface area contributed by atoms with E-state index in [9.17, 15) is 19.2 Å². The number of nitrogens with zero attached hydrogens (tertiary/aromatic N) is 2. The molecule has 2 aromatic carbocycles. The molecule has 2 amide bonds. The predicted molar refractivity (Wildman–Crippen MR) is 164 cm³/mol. The third kappa shape index (κ3) is 4.32. The molecule has 4 aromatic rings. The minimum absolute atomic E-state index is 0.0910. The molecular weight excluding hydrogens is 640 g/mol. The number of anilines is 1. The molecule has 3 heterocycles. The number of imide groups is 1. The first-order valence-electron chi connectivity index (χ1n) is 13.7. The number of benzene rings is 2. The van der Waals surface area contributed by atoms with Crippen LogP contribution in [0.5, 0.6) is 0 Å². The Balaban J connectivity index is 1.22. The van der Waals surface area contributed by atoms with Gasteiger partial charge in [-0.25, -0.2) is 9.78 Å². The molecule has 1 aliphatic heterocycles. The second kappa shape index (κ2) is 10.4. The molecule has 3 fully saturated rings. The first-order valence-corrected chi connectivity index (χ1v) is 15.8. The Hall–Kier alpha value is -3.40. The van der Waals surface area contributed by atoms with E-state index in [1.54, 1.807) is 53.9 Å². The van der Waals surface area contributed by atoms with Crippen molar-refractivity contribution in [3.8, 4) is 11.3 Å². The lowest BCUT2D eigenvalue weighted by Gasteiger charge is -2.19. The first kappa shape index (κ1) is 27.4. The van der Waals surface area contributed by atoms with Gasteiger partial charge < -0.3 is 4.74 Å². The molecule has 2 aromatic heterocycles. The summed E-state index contributed by atoms with van der Waals surface area (Å²) >= 11 is 11.3. The zero-order valence-corrected chi connectivity index (χ0v) is 25.6. The number of pyridine rings is 1. The Labute approximate surface area is 259 Å². The average molecular weight is 664 g/mol. The number of carbonyl (C=O) groups excluding carboxylic acids is 4. The lowest BCUT2D eigenvalue weighted by molar-refractivity contribution is -0.123. The molecule has 7 nitrogen and oxygen atoms in total. The Morgan fingerprint density at radius 3 is 2.40 bits per heavy atom. The zero-order valence-electron chi connectivity index (χ0n) is 22.4. The number of thiophene rings is 1. The molecule has 4 atom stereocenters. The van der Waals surface area contributed by atoms with Crippen molar-refractivity contribution in [2.75, 3.05) is 11.5 Å². The van der Waals surface area contributed by atoms with E-state index in [0.29, 0.717) is 59.6 Å². The molecule has 1 saturated heterocycles. The van der Waals surface area contributed by atoms with Crippen LogP contribution in [0.4, 0.5) is 5.69 Å². The Morgan fingerprint density at radius 1 is 1.07 bits per heavy atom. The van der Waals surface area contributed by atoms with E-state index in [0.717, 1.165) is 19.3 Å². The van der Waals surface area contributed by atoms with Crippen LogP contribution in [0.2, 0.25) is 5.02 Å². The Kier molecular flexibility index (Phi) is 6.79. The van der Waals surface area contributed by atoms with Crippen molar-refractivity contribution in [1.29, 1.82) is 0 Å². The molecule has 2 saturated carbocycles. The van der Waals surface area contributed by atoms with Gasteiger partial charge in [0.05, 0.1) is 44.2 Å². The van der Waals surface area contributed by atoms with E-state index < -0.39 is 5.97 Å². The third-order valence-electron chi connectivity index (χ3n) is 8.92. The molecule has 2 bridgehead atoms. The number of esters is 1. The summed E-state index contributed by atoms with van der Waals surface area (Å²) in [5.41, 5.74) is 3.15. The standard InChI is InChI=1S/C32H24BrClN2O5S/c1-15-28(34)22(33)12-20-21(32(40)41-14-24(37)25-3-2-10-42-25)13-23(35-29(15)20)16-6-8-19(9-7-16)36-30(38)26-17-4-5-18(11-17)27(26)31(36)39/h2-3,6-10,12-13,17-18,26-27H,4-5,11,14H2,1H3. The monoisotopic (exact) mass is 662 g/mol. The van der Waals surface area contributed by atoms with E-state index in [2.05, 4.69) is 15.9 Å². The van der Waals surface area contributed by atoms with Crippen LogP contribution >= 0.6 is 38.9 Å². The largest absolute Gasteiger partial charge is 0.454 e. The zero-order chi connectivity index (χ0) is 29.3. The summed E-state index contributed by atoms with van der Waals surface area (Å²) in [6.45, 7) is 1.43. The quantitative estimate of drug-likeness (QED) is 0.122. The van der Waals surface area contributed by atoms with Gasteiger partial charge in [-0.3, -0.25) is 19.3 Å². The van der Waals surface area contributed by atoms with Crippen LogP contribution in [0.3, 0.4) is 0 Å². The minimum atomic E-state index is -0.659. The number of carbonyl (C=O) groups is 4. The molecule has 212 valence electrons. The third-order valence-corrected chi connectivity index (χ3v) is 11.2. The van der Waals surface area contributed by atoms with Crippen molar-refractivity contribution >= 4 is 79.0 Å². The number of aromatic nitrogens is 1. The molecule has 3 aliphatic rings. The Morgan fingerprint density at radius 2 is 1.76 bits per heavy atom. The summed E-state index contributed by atoms with van der Waals surface area (Å²) in [5.74, 6) is -0.869. The number of hydrogen-bond acceptors (Lipinski definition) is 7. The second-order valence-electron chi connectivity index (χ2n) is 11.2. The smallest absolute Gasteiger partial charge is 0.339 e. The number of ether oxygens (including phenoxy) is 1. The number of Topliss-reactive ketones (excluding diaryl/α,β-unsaturated/α-hetero) is 1. The number of aryl methyl sites for hydroxylation is 1. The predicted octanol–water partition coefficient (Wildman–Crippen LogP) is 7.26. The normalized spacial score (nSPS) is 22.7. The van der Waals surface area contributed by atoms with Crippen molar-refractivity contribution in [2.45, 2.75) is 26.2 Å². The van der Waals surface area contributed by atoms with Crippen molar-refractivity contribution < 1.29 is 23.9 Å². The van der Waals surface area contributed by atoms with Gasteiger partial charge in [0, 0.05) is 15.4 Å². The van der Waals surface area contributed by atoms with Crippen LogP contribution in [0.1, 0.15) is 44.9 Å². The maximum atomic E-state index is 13.3. The molecule has 2 aliphatic carbocycles. The van der Waals surface area contributed by atoms with Gasteiger partial charge in [-0.2, -0.15) is 0 Å². The van der Waals surface area contributed by atoms with Gasteiger partial charge in [-0.15, -0.1) is 11.3 Å². The average Bonchev–Trinajstić information content (AvgIpc) is 3.80. The summed E-state index contributed by atoms with van der Waals surface area (Å²) in [6.07, 6.45) is 3.04. The highest BCUT2D eigenvalue weighted by Gasteiger charge is 2.61. The van der Waals surface area contributed by atoms with Crippen LogP contribution in [0.15, 0.2) is 58.4 Å². The summed E-state index contributed by atoms with van der Waals surface area (Å²) < 4.78 is 6.06. The van der Waals surface area contributed by atoms with Gasteiger partial charge in [0.25, 0.3) is 0 Å². The van der Waals surface area contributed by atoms with E-state index in [1.807, 2.05) is 6.92 Å². The summed E-state index contributed by atoms with van der Waals surface area (Å²) in [7, 11) is 0. The maximum absolute atomic E-state index is 13.3. The first-order chi connectivity index (χ1) is 20.2. The van der Waals surface area contributed by atoms with Crippen LogP contribution < -0.4 is 4.90 Å². The van der Waals surface area contributed by atoms with Gasteiger partial charge in [-0.1, -0.05) is 29.8 Å². The molecule has 0 spiro atoms. The maximum Gasteiger partial charge on any atom is 0.339 e. The highest BCUT2D eigenvalue weighted by atomic mass is 79.9. The van der Waals surface area contributed by atoms with E-state index in [4.69, 9.17) is 21.3 Å². The van der Waals surface area contributed by atoms with Gasteiger partial charge in [0.2, 0.25) is 17.6 Å². The summed E-state index contributed by atoms with van der Waals surface area (Å²) in [5, 5.41) is 2.80. The highest BCUT2D eigenvalue weighted by Crippen LogP contribution is 2.56. The fraction of sp³-hybridized carbons (Fsp3) is 0.281. The number of fused-ring (bicyclic) bond motifs is 6. The SMILES string of the molecule is Cc1c(Cl)c(Br)cc2c(C(=O)OCC(=O)c3cccs3)cc(-c3ccc(N4C(=O)C5C6CCC(C6)C5C4=O)cc3)nc12. The van der Waals surface area contributed by atoms with Gasteiger partial charge in [0.15, 0.2) is 6.61 Å². The number of amides is 2. The summed E-state index contributed by atoms with van der Waals surface area (Å²) in [6, 6.07) is 13.9. The molecular formula is C32H24BrClN2O5S. The van der Waals surface area contributed by atoms with Crippen LogP contribution in [0, 0.1) is 30.6 Å². The topological polar surface area (TPSA) is 93.6 Å². The molecule has 0 N–H and O–H groups in total. The number of rotatable bonds is 6. The van der Waals surface area contributed by atoms with Crippen LogP contribution in [0.25, 0.3) is 22.2 Å². The molecule has 10 heteroatoms. The molecule has 0 radical (unpaired) electrons. The molecule has 42 heavy (non-hydrogen) atoms. The van der Waals surface area contributed by atoms with E-state index in [1.165, 1.54) is 16.2 Å². The van der Waals surface area contributed by atoms with Crippen LogP contribution in [-0.4, -0.2) is 35.2 Å². The summed E-state index contributed by atoms with van der Waals surface area (Å²) in [4.78, 5) is 59.1. The second-order valence-corrected chi connectivity index (χ2v) is 13.3. The minimum Gasteiger partial charge on any atom is -0.454 e. The molecule has 4 unspecified atom stereocenters. The number of halogens is 2.